The topological polar surface area (TPSA) is 76.7 Å². The molecule has 1 heterocycles. The molecule has 0 saturated carbocycles. The Bertz CT molecular complexity index is 495. The third-order valence-corrected chi connectivity index (χ3v) is 3.53. The fourth-order valence-electron chi connectivity index (χ4n) is 2.27. The first-order valence-corrected chi connectivity index (χ1v) is 7.45. The van der Waals surface area contributed by atoms with Gasteiger partial charge in [-0.1, -0.05) is 12.1 Å². The monoisotopic (exact) mass is 306 g/mol. The van der Waals surface area contributed by atoms with Crippen LogP contribution < -0.4 is 15.4 Å². The Labute approximate surface area is 130 Å². The molecule has 1 aromatic carbocycles. The molecule has 1 aliphatic heterocycles. The number of benzene rings is 1. The molecule has 1 aliphatic rings. The van der Waals surface area contributed by atoms with Crippen molar-refractivity contribution in [3.8, 4) is 5.75 Å². The Morgan fingerprint density at radius 3 is 2.64 bits per heavy atom. The van der Waals surface area contributed by atoms with E-state index in [1.54, 1.807) is 7.11 Å². The number of nitrogens with one attached hydrogen (secondary N) is 2. The third-order valence-electron chi connectivity index (χ3n) is 3.53. The summed E-state index contributed by atoms with van der Waals surface area (Å²) in [5, 5.41) is 5.37. The molecule has 0 aromatic heterocycles. The number of carbonyl (C=O) groups excluding carboxylic acids is 2. The molecule has 2 amide bonds. The van der Waals surface area contributed by atoms with E-state index >= 15 is 0 Å². The van der Waals surface area contributed by atoms with E-state index < -0.39 is 0 Å². The van der Waals surface area contributed by atoms with Gasteiger partial charge in [-0.15, -0.1) is 0 Å². The molecule has 0 spiro atoms. The van der Waals surface area contributed by atoms with Gasteiger partial charge in [-0.05, 0) is 30.5 Å². The second kappa shape index (κ2) is 8.38. The number of rotatable bonds is 7. The van der Waals surface area contributed by atoms with E-state index in [4.69, 9.17) is 9.47 Å². The van der Waals surface area contributed by atoms with Crippen molar-refractivity contribution in [1.82, 2.24) is 10.6 Å². The lowest BCUT2D eigenvalue weighted by atomic mass is 10.2. The van der Waals surface area contributed by atoms with Crippen LogP contribution in [-0.2, 0) is 20.9 Å². The lowest BCUT2D eigenvalue weighted by Gasteiger charge is -2.10. The molecule has 120 valence electrons. The third kappa shape index (κ3) is 5.37. The predicted molar refractivity (Wildman–Crippen MR) is 81.4 cm³/mol. The molecule has 1 saturated heterocycles. The minimum absolute atomic E-state index is 0.00219. The van der Waals surface area contributed by atoms with Crippen LogP contribution in [0.5, 0.6) is 5.75 Å². The molecular weight excluding hydrogens is 284 g/mol. The molecule has 0 aliphatic carbocycles. The second-order valence-electron chi connectivity index (χ2n) is 5.24. The van der Waals surface area contributed by atoms with Crippen LogP contribution in [0.15, 0.2) is 24.3 Å². The average Bonchev–Trinajstić information content (AvgIpc) is 3.04. The van der Waals surface area contributed by atoms with E-state index in [9.17, 15) is 9.59 Å². The zero-order valence-corrected chi connectivity index (χ0v) is 12.8. The highest BCUT2D eigenvalue weighted by molar-refractivity contribution is 5.84. The van der Waals surface area contributed by atoms with Gasteiger partial charge in [0.05, 0.1) is 26.2 Å². The van der Waals surface area contributed by atoms with Crippen molar-refractivity contribution in [2.45, 2.75) is 31.9 Å². The summed E-state index contributed by atoms with van der Waals surface area (Å²) in [5.74, 6) is 0.416. The first kappa shape index (κ1) is 16.3. The van der Waals surface area contributed by atoms with Gasteiger partial charge >= 0.3 is 0 Å². The molecule has 2 rings (SSSR count). The lowest BCUT2D eigenvalue weighted by molar-refractivity contribution is -0.127. The summed E-state index contributed by atoms with van der Waals surface area (Å²) in [4.78, 5) is 23.4. The van der Waals surface area contributed by atoms with Gasteiger partial charge in [0.2, 0.25) is 11.8 Å². The van der Waals surface area contributed by atoms with Crippen molar-refractivity contribution in [2.75, 3.05) is 20.3 Å². The van der Waals surface area contributed by atoms with E-state index in [-0.39, 0.29) is 24.5 Å². The minimum atomic E-state index is -0.212. The van der Waals surface area contributed by atoms with Crippen LogP contribution >= 0.6 is 0 Å². The van der Waals surface area contributed by atoms with Crippen LogP contribution in [0, 0.1) is 0 Å². The molecule has 6 heteroatoms. The van der Waals surface area contributed by atoms with Crippen molar-refractivity contribution in [1.29, 1.82) is 0 Å². The summed E-state index contributed by atoms with van der Waals surface area (Å²) in [6, 6.07) is 7.44. The van der Waals surface area contributed by atoms with Gasteiger partial charge in [-0.25, -0.2) is 0 Å². The highest BCUT2D eigenvalue weighted by atomic mass is 16.5. The van der Waals surface area contributed by atoms with E-state index in [1.165, 1.54) is 0 Å². The van der Waals surface area contributed by atoms with E-state index in [1.807, 2.05) is 24.3 Å². The maximum absolute atomic E-state index is 11.7. The van der Waals surface area contributed by atoms with Crippen LogP contribution in [0.1, 0.15) is 24.8 Å². The standard InChI is InChI=1S/C16H22N2O4/c1-21-13-6-4-12(5-7-13)10-17-16(20)11-18-15(19)9-14-3-2-8-22-14/h4-7,14H,2-3,8-11H2,1H3,(H,17,20)(H,18,19). The first-order chi connectivity index (χ1) is 10.7. The molecular formula is C16H22N2O4. The molecule has 2 N–H and O–H groups in total. The van der Waals surface area contributed by atoms with Gasteiger partial charge in [0.25, 0.3) is 0 Å². The summed E-state index contributed by atoms with van der Waals surface area (Å²) in [5.41, 5.74) is 0.972. The molecule has 6 nitrogen and oxygen atoms in total. The van der Waals surface area contributed by atoms with Gasteiger partial charge in [0, 0.05) is 13.2 Å². The van der Waals surface area contributed by atoms with Crippen LogP contribution in [-0.4, -0.2) is 38.2 Å². The molecule has 1 fully saturated rings. The maximum atomic E-state index is 11.7. The summed E-state index contributed by atoms with van der Waals surface area (Å²) >= 11 is 0. The van der Waals surface area contributed by atoms with Gasteiger partial charge in [0.15, 0.2) is 0 Å². The summed E-state index contributed by atoms with van der Waals surface area (Å²) in [6.45, 7) is 1.13. The van der Waals surface area contributed by atoms with Crippen molar-refractivity contribution >= 4 is 11.8 Å². The Hall–Kier alpha value is -2.08. The zero-order chi connectivity index (χ0) is 15.8. The Morgan fingerprint density at radius 1 is 1.23 bits per heavy atom. The van der Waals surface area contributed by atoms with E-state index in [0.29, 0.717) is 13.0 Å². The van der Waals surface area contributed by atoms with Gasteiger partial charge in [-0.2, -0.15) is 0 Å². The molecule has 22 heavy (non-hydrogen) atoms. The minimum Gasteiger partial charge on any atom is -0.497 e. The molecule has 1 aromatic rings. The smallest absolute Gasteiger partial charge is 0.239 e. The second-order valence-corrected chi connectivity index (χ2v) is 5.24. The van der Waals surface area contributed by atoms with Crippen molar-refractivity contribution in [3.63, 3.8) is 0 Å². The van der Waals surface area contributed by atoms with Crippen molar-refractivity contribution < 1.29 is 19.1 Å². The first-order valence-electron chi connectivity index (χ1n) is 7.45. The molecule has 1 unspecified atom stereocenters. The highest BCUT2D eigenvalue weighted by Gasteiger charge is 2.19. The molecule has 0 radical (unpaired) electrons. The molecule has 1 atom stereocenters. The number of carbonyl (C=O) groups is 2. The summed E-state index contributed by atoms with van der Waals surface area (Å²) in [6.07, 6.45) is 2.24. The van der Waals surface area contributed by atoms with Crippen molar-refractivity contribution in [3.05, 3.63) is 29.8 Å². The number of hydrogen-bond acceptors (Lipinski definition) is 4. The quantitative estimate of drug-likeness (QED) is 0.788. The highest BCUT2D eigenvalue weighted by Crippen LogP contribution is 2.14. The van der Waals surface area contributed by atoms with E-state index in [0.717, 1.165) is 30.8 Å². The van der Waals surface area contributed by atoms with Crippen molar-refractivity contribution in [2.24, 2.45) is 0 Å². The predicted octanol–water partition coefficient (Wildman–Crippen LogP) is 0.997. The van der Waals surface area contributed by atoms with E-state index in [2.05, 4.69) is 10.6 Å². The lowest BCUT2D eigenvalue weighted by Crippen LogP contribution is -2.37. The van der Waals surface area contributed by atoms with Gasteiger partial charge < -0.3 is 20.1 Å². The normalized spacial score (nSPS) is 17.0. The zero-order valence-electron chi connectivity index (χ0n) is 12.8. The van der Waals surface area contributed by atoms with Crippen LogP contribution in [0.25, 0.3) is 0 Å². The Morgan fingerprint density at radius 2 is 2.00 bits per heavy atom. The number of methoxy groups -OCH3 is 1. The largest absolute Gasteiger partial charge is 0.497 e. The summed E-state index contributed by atoms with van der Waals surface area (Å²) < 4.78 is 10.5. The molecule has 0 bridgehead atoms. The van der Waals surface area contributed by atoms with Crippen LogP contribution in [0.2, 0.25) is 0 Å². The van der Waals surface area contributed by atoms with Gasteiger partial charge in [-0.3, -0.25) is 9.59 Å². The number of amides is 2. The Balaban J connectivity index is 1.63. The SMILES string of the molecule is COc1ccc(CNC(=O)CNC(=O)CC2CCCO2)cc1. The van der Waals surface area contributed by atoms with Gasteiger partial charge in [0.1, 0.15) is 5.75 Å². The number of hydrogen-bond donors (Lipinski definition) is 2. The average molecular weight is 306 g/mol. The summed E-state index contributed by atoms with van der Waals surface area (Å²) in [7, 11) is 1.61. The van der Waals surface area contributed by atoms with Crippen LogP contribution in [0.4, 0.5) is 0 Å². The fourth-order valence-corrected chi connectivity index (χ4v) is 2.27. The number of ether oxygens (including phenoxy) is 2. The fraction of sp³-hybridized carbons (Fsp3) is 0.500. The van der Waals surface area contributed by atoms with Crippen LogP contribution in [0.3, 0.4) is 0 Å². The maximum Gasteiger partial charge on any atom is 0.239 e. The Kier molecular flexibility index (Phi) is 6.21.